The maximum Gasteiger partial charge on any atom is 0.0371 e. The van der Waals surface area contributed by atoms with Crippen LogP contribution in [-0.2, 0) is 6.54 Å². The summed E-state index contributed by atoms with van der Waals surface area (Å²) in [6.07, 6.45) is 6.83. The second-order valence-corrected chi connectivity index (χ2v) is 6.39. The summed E-state index contributed by atoms with van der Waals surface area (Å²) in [4.78, 5) is 2.65. The third-order valence-corrected chi connectivity index (χ3v) is 4.78. The van der Waals surface area contributed by atoms with Crippen molar-refractivity contribution in [1.82, 2.24) is 0 Å². The van der Waals surface area contributed by atoms with Crippen LogP contribution in [0.1, 0.15) is 58.4 Å². The van der Waals surface area contributed by atoms with Crippen LogP contribution >= 0.6 is 0 Å². The SMILES string of the molecule is CCC1CCCCC1N(c1ccc(CN)cc1)C(C)C. The molecule has 112 valence electrons. The van der Waals surface area contributed by atoms with E-state index < -0.39 is 0 Å². The average Bonchev–Trinajstić information content (AvgIpc) is 2.48. The predicted molar refractivity (Wildman–Crippen MR) is 88.0 cm³/mol. The average molecular weight is 274 g/mol. The van der Waals surface area contributed by atoms with E-state index in [-0.39, 0.29) is 0 Å². The molecule has 0 aliphatic heterocycles. The molecule has 1 aromatic rings. The summed E-state index contributed by atoms with van der Waals surface area (Å²) in [7, 11) is 0. The van der Waals surface area contributed by atoms with Crippen LogP contribution in [0, 0.1) is 5.92 Å². The van der Waals surface area contributed by atoms with Crippen molar-refractivity contribution in [3.63, 3.8) is 0 Å². The molecule has 0 bridgehead atoms. The van der Waals surface area contributed by atoms with Gasteiger partial charge in [0.1, 0.15) is 0 Å². The quantitative estimate of drug-likeness (QED) is 0.866. The molecule has 1 aliphatic rings. The second-order valence-electron chi connectivity index (χ2n) is 6.39. The normalized spacial score (nSPS) is 23.1. The predicted octanol–water partition coefficient (Wildman–Crippen LogP) is 4.33. The molecule has 2 unspecified atom stereocenters. The Bertz CT molecular complexity index is 396. The fourth-order valence-electron chi connectivity index (χ4n) is 3.71. The van der Waals surface area contributed by atoms with Crippen LogP contribution in [0.3, 0.4) is 0 Å². The Morgan fingerprint density at radius 1 is 1.15 bits per heavy atom. The lowest BCUT2D eigenvalue weighted by Gasteiger charge is -2.43. The first-order valence-electron chi connectivity index (χ1n) is 8.24. The highest BCUT2D eigenvalue weighted by Crippen LogP contribution is 2.34. The lowest BCUT2D eigenvalue weighted by Crippen LogP contribution is -2.46. The lowest BCUT2D eigenvalue weighted by molar-refractivity contribution is 0.276. The van der Waals surface area contributed by atoms with E-state index in [2.05, 4.69) is 49.9 Å². The van der Waals surface area contributed by atoms with Gasteiger partial charge >= 0.3 is 0 Å². The molecule has 1 aromatic carbocycles. The maximum atomic E-state index is 5.71. The Kier molecular flexibility index (Phi) is 5.47. The summed E-state index contributed by atoms with van der Waals surface area (Å²) in [6, 6.07) is 10.1. The zero-order chi connectivity index (χ0) is 14.5. The van der Waals surface area contributed by atoms with Gasteiger partial charge in [-0.05, 0) is 50.3 Å². The van der Waals surface area contributed by atoms with Gasteiger partial charge in [-0.25, -0.2) is 0 Å². The van der Waals surface area contributed by atoms with E-state index in [1.165, 1.54) is 43.4 Å². The Morgan fingerprint density at radius 3 is 2.35 bits per heavy atom. The highest BCUT2D eigenvalue weighted by molar-refractivity contribution is 5.49. The topological polar surface area (TPSA) is 29.3 Å². The summed E-state index contributed by atoms with van der Waals surface area (Å²) in [5, 5.41) is 0. The maximum absolute atomic E-state index is 5.71. The monoisotopic (exact) mass is 274 g/mol. The van der Waals surface area contributed by atoms with Gasteiger partial charge in [-0.15, -0.1) is 0 Å². The van der Waals surface area contributed by atoms with Gasteiger partial charge in [-0.2, -0.15) is 0 Å². The molecule has 2 atom stereocenters. The fourth-order valence-corrected chi connectivity index (χ4v) is 3.71. The van der Waals surface area contributed by atoms with Crippen molar-refractivity contribution < 1.29 is 0 Å². The molecular weight excluding hydrogens is 244 g/mol. The Labute approximate surface area is 124 Å². The highest BCUT2D eigenvalue weighted by Gasteiger charge is 2.30. The van der Waals surface area contributed by atoms with Crippen LogP contribution < -0.4 is 10.6 Å². The molecular formula is C18H30N2. The lowest BCUT2D eigenvalue weighted by atomic mass is 9.81. The molecule has 1 aliphatic carbocycles. The van der Waals surface area contributed by atoms with Crippen LogP contribution in [0.15, 0.2) is 24.3 Å². The molecule has 1 fully saturated rings. The van der Waals surface area contributed by atoms with Gasteiger partial charge in [0.2, 0.25) is 0 Å². The van der Waals surface area contributed by atoms with Crippen molar-refractivity contribution in [3.8, 4) is 0 Å². The zero-order valence-electron chi connectivity index (χ0n) is 13.3. The molecule has 2 nitrogen and oxygen atoms in total. The van der Waals surface area contributed by atoms with Gasteiger partial charge < -0.3 is 10.6 Å². The summed E-state index contributed by atoms with van der Waals surface area (Å²) in [6.45, 7) is 7.61. The minimum absolute atomic E-state index is 0.552. The standard InChI is InChI=1S/C18H30N2/c1-4-16-7-5-6-8-18(16)20(14(2)3)17-11-9-15(13-19)10-12-17/h9-12,14,16,18H,4-8,13,19H2,1-3H3. The highest BCUT2D eigenvalue weighted by atomic mass is 15.2. The van der Waals surface area contributed by atoms with E-state index in [1.807, 2.05) is 0 Å². The Hall–Kier alpha value is -1.02. The molecule has 0 saturated heterocycles. The molecule has 0 radical (unpaired) electrons. The van der Waals surface area contributed by atoms with Crippen LogP contribution in [-0.4, -0.2) is 12.1 Å². The largest absolute Gasteiger partial charge is 0.366 e. The van der Waals surface area contributed by atoms with E-state index in [4.69, 9.17) is 5.73 Å². The van der Waals surface area contributed by atoms with Crippen LogP contribution in [0.2, 0.25) is 0 Å². The van der Waals surface area contributed by atoms with Crippen molar-refractivity contribution in [3.05, 3.63) is 29.8 Å². The first kappa shape index (κ1) is 15.4. The van der Waals surface area contributed by atoms with Gasteiger partial charge in [-0.3, -0.25) is 0 Å². The third kappa shape index (κ3) is 3.35. The molecule has 2 N–H and O–H groups in total. The van der Waals surface area contributed by atoms with Gasteiger partial charge in [0.05, 0.1) is 0 Å². The van der Waals surface area contributed by atoms with E-state index in [9.17, 15) is 0 Å². The minimum atomic E-state index is 0.552. The van der Waals surface area contributed by atoms with Gasteiger partial charge in [0.25, 0.3) is 0 Å². The molecule has 0 heterocycles. The van der Waals surface area contributed by atoms with Crippen molar-refractivity contribution in [2.75, 3.05) is 4.90 Å². The summed E-state index contributed by atoms with van der Waals surface area (Å²) >= 11 is 0. The molecule has 0 amide bonds. The van der Waals surface area contributed by atoms with E-state index >= 15 is 0 Å². The number of hydrogen-bond donors (Lipinski definition) is 1. The number of benzene rings is 1. The molecule has 1 saturated carbocycles. The van der Waals surface area contributed by atoms with E-state index in [1.54, 1.807) is 0 Å². The fraction of sp³-hybridized carbons (Fsp3) is 0.667. The molecule has 20 heavy (non-hydrogen) atoms. The van der Waals surface area contributed by atoms with Gasteiger partial charge in [0, 0.05) is 24.3 Å². The van der Waals surface area contributed by atoms with Crippen molar-refractivity contribution in [1.29, 1.82) is 0 Å². The second kappa shape index (κ2) is 7.12. The van der Waals surface area contributed by atoms with Crippen LogP contribution in [0.25, 0.3) is 0 Å². The van der Waals surface area contributed by atoms with E-state index in [0.29, 0.717) is 18.6 Å². The first-order chi connectivity index (χ1) is 9.67. The van der Waals surface area contributed by atoms with Crippen molar-refractivity contribution >= 4 is 5.69 Å². The zero-order valence-corrected chi connectivity index (χ0v) is 13.3. The smallest absolute Gasteiger partial charge is 0.0371 e. The minimum Gasteiger partial charge on any atom is -0.366 e. The first-order valence-corrected chi connectivity index (χ1v) is 8.24. The summed E-state index contributed by atoms with van der Waals surface area (Å²) < 4.78 is 0. The van der Waals surface area contributed by atoms with Gasteiger partial charge in [0.15, 0.2) is 0 Å². The summed E-state index contributed by atoms with van der Waals surface area (Å²) in [5.74, 6) is 0.848. The van der Waals surface area contributed by atoms with Crippen LogP contribution in [0.4, 0.5) is 5.69 Å². The third-order valence-electron chi connectivity index (χ3n) is 4.78. The Morgan fingerprint density at radius 2 is 1.80 bits per heavy atom. The number of nitrogens with zero attached hydrogens (tertiary/aromatic N) is 1. The number of nitrogens with two attached hydrogens (primary N) is 1. The molecule has 2 heteroatoms. The van der Waals surface area contributed by atoms with Crippen LogP contribution in [0.5, 0.6) is 0 Å². The molecule has 0 spiro atoms. The summed E-state index contributed by atoms with van der Waals surface area (Å²) in [5.41, 5.74) is 8.29. The van der Waals surface area contributed by atoms with Gasteiger partial charge in [-0.1, -0.05) is 38.3 Å². The number of anilines is 1. The number of rotatable bonds is 5. The van der Waals surface area contributed by atoms with Crippen molar-refractivity contribution in [2.45, 2.75) is 71.5 Å². The number of hydrogen-bond acceptors (Lipinski definition) is 2. The van der Waals surface area contributed by atoms with E-state index in [0.717, 1.165) is 5.92 Å². The molecule has 2 rings (SSSR count). The Balaban J connectivity index is 2.24. The van der Waals surface area contributed by atoms with Crippen molar-refractivity contribution in [2.24, 2.45) is 11.7 Å². The molecule has 0 aromatic heterocycles.